The second-order valence-electron chi connectivity index (χ2n) is 5.28. The normalized spacial score (nSPS) is 15.9. The summed E-state index contributed by atoms with van der Waals surface area (Å²) in [6.45, 7) is 0.933. The SMILES string of the molecule is CNCC1(c2nccc(-c3ccccc3OC)n2)CC1. The van der Waals surface area contributed by atoms with E-state index in [9.17, 15) is 0 Å². The summed E-state index contributed by atoms with van der Waals surface area (Å²) in [5.74, 6) is 1.78. The van der Waals surface area contributed by atoms with Gasteiger partial charge in [-0.1, -0.05) is 12.1 Å². The molecule has 1 heterocycles. The number of benzene rings is 1. The molecule has 2 aromatic rings. The predicted octanol–water partition coefficient (Wildman–Crippen LogP) is 2.40. The Labute approximate surface area is 119 Å². The fourth-order valence-corrected chi connectivity index (χ4v) is 2.59. The minimum absolute atomic E-state index is 0.132. The Morgan fingerprint density at radius 3 is 2.75 bits per heavy atom. The van der Waals surface area contributed by atoms with Gasteiger partial charge < -0.3 is 10.1 Å². The van der Waals surface area contributed by atoms with E-state index >= 15 is 0 Å². The Balaban J connectivity index is 2.00. The molecule has 0 amide bonds. The number of rotatable bonds is 5. The summed E-state index contributed by atoms with van der Waals surface area (Å²) in [6, 6.07) is 9.89. The maximum absolute atomic E-state index is 5.42. The number of methoxy groups -OCH3 is 1. The van der Waals surface area contributed by atoms with Gasteiger partial charge in [0.2, 0.25) is 0 Å². The first-order chi connectivity index (χ1) is 9.79. The summed E-state index contributed by atoms with van der Waals surface area (Å²) < 4.78 is 5.42. The van der Waals surface area contributed by atoms with Crippen LogP contribution in [0.25, 0.3) is 11.3 Å². The van der Waals surface area contributed by atoms with Gasteiger partial charge in [-0.25, -0.2) is 9.97 Å². The monoisotopic (exact) mass is 269 g/mol. The number of likely N-dealkylation sites (N-methyl/N-ethyl adjacent to an activating group) is 1. The van der Waals surface area contributed by atoms with Crippen molar-refractivity contribution in [3.05, 3.63) is 42.4 Å². The largest absolute Gasteiger partial charge is 0.496 e. The highest BCUT2D eigenvalue weighted by Crippen LogP contribution is 2.46. The molecule has 0 spiro atoms. The topological polar surface area (TPSA) is 47.0 Å². The molecule has 0 saturated heterocycles. The Morgan fingerprint density at radius 2 is 2.05 bits per heavy atom. The molecule has 4 heteroatoms. The molecule has 20 heavy (non-hydrogen) atoms. The van der Waals surface area contributed by atoms with Crippen molar-refractivity contribution in [2.45, 2.75) is 18.3 Å². The third-order valence-electron chi connectivity index (χ3n) is 3.88. The van der Waals surface area contributed by atoms with Crippen LogP contribution in [0.1, 0.15) is 18.7 Å². The summed E-state index contributed by atoms with van der Waals surface area (Å²) in [5, 5.41) is 3.25. The molecule has 1 aliphatic rings. The average molecular weight is 269 g/mol. The van der Waals surface area contributed by atoms with Gasteiger partial charge in [-0.2, -0.15) is 0 Å². The van der Waals surface area contributed by atoms with Crippen molar-refractivity contribution >= 4 is 0 Å². The van der Waals surface area contributed by atoms with Gasteiger partial charge in [0.15, 0.2) is 0 Å². The van der Waals surface area contributed by atoms with Crippen LogP contribution in [0.15, 0.2) is 36.5 Å². The molecule has 4 nitrogen and oxygen atoms in total. The lowest BCUT2D eigenvalue weighted by atomic mass is 10.1. The fraction of sp³-hybridized carbons (Fsp3) is 0.375. The molecule has 1 aliphatic carbocycles. The fourth-order valence-electron chi connectivity index (χ4n) is 2.59. The van der Waals surface area contributed by atoms with Crippen molar-refractivity contribution in [1.29, 1.82) is 0 Å². The zero-order valence-electron chi connectivity index (χ0n) is 11.9. The second-order valence-corrected chi connectivity index (χ2v) is 5.28. The Hall–Kier alpha value is -1.94. The summed E-state index contributed by atoms with van der Waals surface area (Å²) in [6.07, 6.45) is 4.16. The van der Waals surface area contributed by atoms with Gasteiger partial charge in [-0.15, -0.1) is 0 Å². The number of nitrogens with one attached hydrogen (secondary N) is 1. The molecule has 3 rings (SSSR count). The van der Waals surface area contributed by atoms with Crippen LogP contribution in [-0.2, 0) is 5.41 Å². The number of hydrogen-bond acceptors (Lipinski definition) is 4. The van der Waals surface area contributed by atoms with Gasteiger partial charge in [-0.3, -0.25) is 0 Å². The molecule has 0 aliphatic heterocycles. The van der Waals surface area contributed by atoms with Crippen LogP contribution < -0.4 is 10.1 Å². The van der Waals surface area contributed by atoms with E-state index in [-0.39, 0.29) is 5.41 Å². The molecule has 0 unspecified atom stereocenters. The van der Waals surface area contributed by atoms with E-state index < -0.39 is 0 Å². The first kappa shape index (κ1) is 13.1. The van der Waals surface area contributed by atoms with Gasteiger partial charge in [0.1, 0.15) is 11.6 Å². The Morgan fingerprint density at radius 1 is 1.25 bits per heavy atom. The van der Waals surface area contributed by atoms with Crippen molar-refractivity contribution < 1.29 is 4.74 Å². The molecule has 1 saturated carbocycles. The van der Waals surface area contributed by atoms with E-state index in [2.05, 4.69) is 10.3 Å². The standard InChI is InChI=1S/C16H19N3O/c1-17-11-16(8-9-16)15-18-10-7-13(19-15)12-5-3-4-6-14(12)20-2/h3-7,10,17H,8-9,11H2,1-2H3. The van der Waals surface area contributed by atoms with E-state index in [1.807, 2.05) is 43.6 Å². The van der Waals surface area contributed by atoms with Crippen LogP contribution in [0, 0.1) is 0 Å². The molecule has 1 N–H and O–H groups in total. The molecule has 1 aromatic heterocycles. The number of ether oxygens (including phenoxy) is 1. The molecular weight excluding hydrogens is 250 g/mol. The highest BCUT2D eigenvalue weighted by molar-refractivity contribution is 5.66. The van der Waals surface area contributed by atoms with Crippen LogP contribution >= 0.6 is 0 Å². The van der Waals surface area contributed by atoms with Crippen molar-refractivity contribution in [1.82, 2.24) is 15.3 Å². The summed E-state index contributed by atoms with van der Waals surface area (Å²) in [7, 11) is 3.66. The molecule has 0 radical (unpaired) electrons. The first-order valence-electron chi connectivity index (χ1n) is 6.90. The lowest BCUT2D eigenvalue weighted by molar-refractivity contribution is 0.416. The zero-order chi connectivity index (χ0) is 14.0. The minimum Gasteiger partial charge on any atom is -0.496 e. The van der Waals surface area contributed by atoms with Crippen LogP contribution in [0.2, 0.25) is 0 Å². The smallest absolute Gasteiger partial charge is 0.136 e. The average Bonchev–Trinajstić information content (AvgIpc) is 3.29. The highest BCUT2D eigenvalue weighted by Gasteiger charge is 2.46. The highest BCUT2D eigenvalue weighted by atomic mass is 16.5. The predicted molar refractivity (Wildman–Crippen MR) is 78.9 cm³/mol. The molecule has 104 valence electrons. The van der Waals surface area contributed by atoms with Gasteiger partial charge in [0.05, 0.1) is 12.8 Å². The number of hydrogen-bond donors (Lipinski definition) is 1. The third kappa shape index (κ3) is 2.27. The quantitative estimate of drug-likeness (QED) is 0.905. The van der Waals surface area contributed by atoms with Crippen LogP contribution in [0.4, 0.5) is 0 Å². The van der Waals surface area contributed by atoms with Gasteiger partial charge in [-0.05, 0) is 38.1 Å². The first-order valence-corrected chi connectivity index (χ1v) is 6.90. The van der Waals surface area contributed by atoms with E-state index in [1.54, 1.807) is 7.11 Å². The Kier molecular flexibility index (Phi) is 3.40. The van der Waals surface area contributed by atoms with E-state index in [4.69, 9.17) is 9.72 Å². The lowest BCUT2D eigenvalue weighted by Crippen LogP contribution is -2.25. The number of aromatic nitrogens is 2. The van der Waals surface area contributed by atoms with Crippen molar-refractivity contribution in [3.8, 4) is 17.0 Å². The van der Waals surface area contributed by atoms with Crippen LogP contribution in [0.5, 0.6) is 5.75 Å². The molecule has 1 fully saturated rings. The second kappa shape index (κ2) is 5.21. The van der Waals surface area contributed by atoms with Crippen molar-refractivity contribution in [2.24, 2.45) is 0 Å². The summed E-state index contributed by atoms with van der Waals surface area (Å²) >= 11 is 0. The van der Waals surface area contributed by atoms with Gasteiger partial charge in [0.25, 0.3) is 0 Å². The lowest BCUT2D eigenvalue weighted by Gasteiger charge is -2.14. The number of nitrogens with zero attached hydrogens (tertiary/aromatic N) is 2. The summed E-state index contributed by atoms with van der Waals surface area (Å²) in [4.78, 5) is 9.25. The van der Waals surface area contributed by atoms with E-state index in [0.717, 1.165) is 42.2 Å². The third-order valence-corrected chi connectivity index (χ3v) is 3.88. The summed E-state index contributed by atoms with van der Waals surface area (Å²) in [5.41, 5.74) is 2.07. The zero-order valence-corrected chi connectivity index (χ0v) is 11.9. The minimum atomic E-state index is 0.132. The molecule has 1 aromatic carbocycles. The molecule has 0 bridgehead atoms. The van der Waals surface area contributed by atoms with Gasteiger partial charge >= 0.3 is 0 Å². The van der Waals surface area contributed by atoms with Gasteiger partial charge in [0, 0.05) is 23.7 Å². The van der Waals surface area contributed by atoms with E-state index in [0.29, 0.717) is 0 Å². The van der Waals surface area contributed by atoms with Crippen LogP contribution in [0.3, 0.4) is 0 Å². The number of para-hydroxylation sites is 1. The molecule has 0 atom stereocenters. The van der Waals surface area contributed by atoms with E-state index in [1.165, 1.54) is 0 Å². The maximum Gasteiger partial charge on any atom is 0.136 e. The van der Waals surface area contributed by atoms with Crippen molar-refractivity contribution in [2.75, 3.05) is 20.7 Å². The Bertz CT molecular complexity index is 608. The van der Waals surface area contributed by atoms with Crippen molar-refractivity contribution in [3.63, 3.8) is 0 Å². The van der Waals surface area contributed by atoms with Crippen LogP contribution in [-0.4, -0.2) is 30.7 Å². The maximum atomic E-state index is 5.42. The molecular formula is C16H19N3O.